The van der Waals surface area contributed by atoms with Crippen molar-refractivity contribution in [2.75, 3.05) is 25.0 Å². The maximum atomic E-state index is 13.8. The van der Waals surface area contributed by atoms with E-state index in [1.54, 1.807) is 17.0 Å². The van der Waals surface area contributed by atoms with Crippen molar-refractivity contribution in [2.45, 2.75) is 13.0 Å². The number of morpholine rings is 1. The van der Waals surface area contributed by atoms with Gasteiger partial charge in [-0.05, 0) is 30.2 Å². The van der Waals surface area contributed by atoms with E-state index in [1.165, 1.54) is 6.07 Å². The van der Waals surface area contributed by atoms with Crippen molar-refractivity contribution in [3.8, 4) is 0 Å². The number of anilines is 1. The van der Waals surface area contributed by atoms with Crippen LogP contribution in [0.25, 0.3) is 0 Å². The van der Waals surface area contributed by atoms with Gasteiger partial charge in [-0.25, -0.2) is 9.18 Å². The summed E-state index contributed by atoms with van der Waals surface area (Å²) in [6, 6.07) is 14.1. The lowest BCUT2D eigenvalue weighted by Crippen LogP contribution is -2.44. The number of nitrogens with zero attached hydrogens (tertiary/aromatic N) is 1. The molecular formula is C18H19FN2O2. The van der Waals surface area contributed by atoms with E-state index in [4.69, 9.17) is 4.74 Å². The summed E-state index contributed by atoms with van der Waals surface area (Å²) in [6.45, 7) is 3.25. The molecule has 1 aliphatic rings. The molecule has 23 heavy (non-hydrogen) atoms. The molecule has 120 valence electrons. The van der Waals surface area contributed by atoms with Crippen LogP contribution in [-0.4, -0.2) is 30.6 Å². The number of amides is 2. The Labute approximate surface area is 134 Å². The molecule has 2 aromatic carbocycles. The van der Waals surface area contributed by atoms with Crippen molar-refractivity contribution in [3.63, 3.8) is 0 Å². The highest BCUT2D eigenvalue weighted by atomic mass is 19.1. The lowest BCUT2D eigenvalue weighted by molar-refractivity contribution is -0.0135. The highest BCUT2D eigenvalue weighted by Gasteiger charge is 2.25. The first-order valence-electron chi connectivity index (χ1n) is 7.62. The molecule has 2 amide bonds. The molecule has 0 bridgehead atoms. The largest absolute Gasteiger partial charge is 0.370 e. The van der Waals surface area contributed by atoms with Gasteiger partial charge < -0.3 is 15.0 Å². The molecule has 0 spiro atoms. The molecule has 0 aromatic heterocycles. The monoisotopic (exact) mass is 314 g/mol. The van der Waals surface area contributed by atoms with E-state index in [1.807, 2.05) is 37.3 Å². The van der Waals surface area contributed by atoms with Crippen LogP contribution in [0.3, 0.4) is 0 Å². The molecule has 0 saturated carbocycles. The van der Waals surface area contributed by atoms with Crippen molar-refractivity contribution < 1.29 is 13.9 Å². The molecule has 1 unspecified atom stereocenters. The molecule has 1 aliphatic heterocycles. The van der Waals surface area contributed by atoms with Crippen LogP contribution >= 0.6 is 0 Å². The molecule has 1 heterocycles. The average Bonchev–Trinajstić information content (AvgIpc) is 2.59. The molecule has 0 radical (unpaired) electrons. The number of rotatable bonds is 2. The molecule has 0 aliphatic carbocycles. The first-order chi connectivity index (χ1) is 11.1. The zero-order chi connectivity index (χ0) is 16.2. The third-order valence-corrected chi connectivity index (χ3v) is 3.89. The minimum atomic E-state index is -0.434. The Bertz CT molecular complexity index is 691. The number of aryl methyl sites for hydroxylation is 1. The maximum Gasteiger partial charge on any atom is 0.322 e. The van der Waals surface area contributed by atoms with E-state index in [2.05, 4.69) is 5.32 Å². The topological polar surface area (TPSA) is 41.6 Å². The van der Waals surface area contributed by atoms with Crippen LogP contribution in [0.1, 0.15) is 17.2 Å². The number of carbonyl (C=O) groups excluding carboxylic acids is 1. The second-order valence-electron chi connectivity index (χ2n) is 5.63. The van der Waals surface area contributed by atoms with Gasteiger partial charge in [0.25, 0.3) is 0 Å². The van der Waals surface area contributed by atoms with E-state index < -0.39 is 5.82 Å². The fraction of sp³-hybridized carbons (Fsp3) is 0.278. The Morgan fingerprint density at radius 1 is 1.26 bits per heavy atom. The number of urea groups is 1. The third kappa shape index (κ3) is 3.68. The summed E-state index contributed by atoms with van der Waals surface area (Å²) >= 11 is 0. The van der Waals surface area contributed by atoms with Crippen molar-refractivity contribution in [1.29, 1.82) is 0 Å². The van der Waals surface area contributed by atoms with Crippen molar-refractivity contribution in [2.24, 2.45) is 0 Å². The van der Waals surface area contributed by atoms with Gasteiger partial charge in [0, 0.05) is 6.54 Å². The summed E-state index contributed by atoms with van der Waals surface area (Å²) in [5.41, 5.74) is 2.13. The highest BCUT2D eigenvalue weighted by molar-refractivity contribution is 5.89. The number of benzene rings is 2. The molecular weight excluding hydrogens is 295 g/mol. The number of halogens is 1. The highest BCUT2D eigenvalue weighted by Crippen LogP contribution is 2.23. The van der Waals surface area contributed by atoms with Crippen LogP contribution in [0.2, 0.25) is 0 Å². The number of ether oxygens (including phenoxy) is 1. The van der Waals surface area contributed by atoms with Crippen molar-refractivity contribution >= 4 is 11.7 Å². The summed E-state index contributed by atoms with van der Waals surface area (Å²) < 4.78 is 19.5. The van der Waals surface area contributed by atoms with Crippen LogP contribution < -0.4 is 5.32 Å². The van der Waals surface area contributed by atoms with Gasteiger partial charge in [-0.3, -0.25) is 0 Å². The van der Waals surface area contributed by atoms with E-state index >= 15 is 0 Å². The summed E-state index contributed by atoms with van der Waals surface area (Å²) in [5.74, 6) is -0.434. The normalized spacial score (nSPS) is 17.8. The third-order valence-electron chi connectivity index (χ3n) is 3.89. The molecule has 1 saturated heterocycles. The molecule has 4 nitrogen and oxygen atoms in total. The molecule has 1 atom stereocenters. The molecule has 3 rings (SSSR count). The Hall–Kier alpha value is -2.40. The fourth-order valence-corrected chi connectivity index (χ4v) is 2.63. The summed E-state index contributed by atoms with van der Waals surface area (Å²) in [7, 11) is 0. The van der Waals surface area contributed by atoms with Gasteiger partial charge >= 0.3 is 6.03 Å². The number of hydrogen-bond donors (Lipinski definition) is 1. The van der Waals surface area contributed by atoms with E-state index in [0.717, 1.165) is 11.1 Å². The molecule has 2 aromatic rings. The SMILES string of the molecule is Cc1ccc(F)c(NC(=O)N2CCOC(c3ccccc3)C2)c1. The lowest BCUT2D eigenvalue weighted by atomic mass is 10.1. The Balaban J connectivity index is 1.69. The summed E-state index contributed by atoms with van der Waals surface area (Å²) in [6.07, 6.45) is -0.155. The summed E-state index contributed by atoms with van der Waals surface area (Å²) in [4.78, 5) is 14.1. The van der Waals surface area contributed by atoms with Crippen LogP contribution in [0.5, 0.6) is 0 Å². The van der Waals surface area contributed by atoms with Crippen LogP contribution in [0.4, 0.5) is 14.9 Å². The predicted molar refractivity (Wildman–Crippen MR) is 86.9 cm³/mol. The van der Waals surface area contributed by atoms with Crippen LogP contribution in [-0.2, 0) is 4.74 Å². The number of hydrogen-bond acceptors (Lipinski definition) is 2. The summed E-state index contributed by atoms with van der Waals surface area (Å²) in [5, 5.41) is 2.65. The van der Waals surface area contributed by atoms with Crippen LogP contribution in [0.15, 0.2) is 48.5 Å². The van der Waals surface area contributed by atoms with Gasteiger partial charge in [-0.1, -0.05) is 36.4 Å². The van der Waals surface area contributed by atoms with Crippen LogP contribution in [0, 0.1) is 12.7 Å². The van der Waals surface area contributed by atoms with E-state index in [-0.39, 0.29) is 17.8 Å². The first-order valence-corrected chi connectivity index (χ1v) is 7.62. The fourth-order valence-electron chi connectivity index (χ4n) is 2.63. The minimum Gasteiger partial charge on any atom is -0.370 e. The molecule has 5 heteroatoms. The Kier molecular flexibility index (Phi) is 4.57. The standard InChI is InChI=1S/C18H19FN2O2/c1-13-7-8-15(19)16(11-13)20-18(22)21-9-10-23-17(12-21)14-5-3-2-4-6-14/h2-8,11,17H,9-10,12H2,1H3,(H,20,22). The minimum absolute atomic E-state index is 0.155. The van der Waals surface area contributed by atoms with Gasteiger partial charge in [0.15, 0.2) is 0 Å². The van der Waals surface area contributed by atoms with Gasteiger partial charge in [0.1, 0.15) is 11.9 Å². The first kappa shape index (κ1) is 15.5. The smallest absolute Gasteiger partial charge is 0.322 e. The maximum absolute atomic E-state index is 13.8. The zero-order valence-corrected chi connectivity index (χ0v) is 13.0. The second kappa shape index (κ2) is 6.79. The predicted octanol–water partition coefficient (Wildman–Crippen LogP) is 3.74. The lowest BCUT2D eigenvalue weighted by Gasteiger charge is -2.33. The molecule has 1 fully saturated rings. The van der Waals surface area contributed by atoms with E-state index in [0.29, 0.717) is 19.7 Å². The average molecular weight is 314 g/mol. The number of nitrogens with one attached hydrogen (secondary N) is 1. The van der Waals surface area contributed by atoms with Gasteiger partial charge in [-0.2, -0.15) is 0 Å². The Morgan fingerprint density at radius 3 is 2.83 bits per heavy atom. The van der Waals surface area contributed by atoms with Crippen molar-refractivity contribution in [1.82, 2.24) is 4.90 Å². The second-order valence-corrected chi connectivity index (χ2v) is 5.63. The zero-order valence-electron chi connectivity index (χ0n) is 13.0. The molecule has 1 N–H and O–H groups in total. The quantitative estimate of drug-likeness (QED) is 0.917. The number of carbonyl (C=O) groups is 1. The van der Waals surface area contributed by atoms with Gasteiger partial charge in [0.05, 0.1) is 18.8 Å². The van der Waals surface area contributed by atoms with E-state index in [9.17, 15) is 9.18 Å². The Morgan fingerprint density at radius 2 is 2.04 bits per heavy atom. The van der Waals surface area contributed by atoms with Gasteiger partial charge in [-0.15, -0.1) is 0 Å². The van der Waals surface area contributed by atoms with Gasteiger partial charge in [0.2, 0.25) is 0 Å². The van der Waals surface area contributed by atoms with Crippen molar-refractivity contribution in [3.05, 3.63) is 65.5 Å².